The fourth-order valence-corrected chi connectivity index (χ4v) is 2.49. The summed E-state index contributed by atoms with van der Waals surface area (Å²) in [6.07, 6.45) is 1.09. The van der Waals surface area contributed by atoms with Gasteiger partial charge in [-0.1, -0.05) is 0 Å². The molecule has 0 aliphatic heterocycles. The van der Waals surface area contributed by atoms with Crippen LogP contribution in [0.3, 0.4) is 0 Å². The van der Waals surface area contributed by atoms with E-state index in [9.17, 15) is 22.0 Å². The highest BCUT2D eigenvalue weighted by Crippen LogP contribution is 2.15. The lowest BCUT2D eigenvalue weighted by atomic mass is 10.3. The van der Waals surface area contributed by atoms with Gasteiger partial charge >= 0.3 is 6.03 Å². The lowest BCUT2D eigenvalue weighted by Crippen LogP contribution is -2.32. The summed E-state index contributed by atoms with van der Waals surface area (Å²) in [6, 6.07) is 8.34. The monoisotopic (exact) mass is 370 g/mol. The zero-order chi connectivity index (χ0) is 18.4. The Labute approximate surface area is 143 Å². The first-order valence-corrected chi connectivity index (χ1v) is 9.07. The highest BCUT2D eigenvalue weighted by molar-refractivity contribution is 7.90. The molecule has 0 unspecified atom stereocenters. The lowest BCUT2D eigenvalue weighted by Gasteiger charge is -2.09. The molecule has 25 heavy (non-hydrogen) atoms. The van der Waals surface area contributed by atoms with Crippen LogP contribution in [0.2, 0.25) is 0 Å². The summed E-state index contributed by atoms with van der Waals surface area (Å²) in [5.74, 6) is -1.83. The minimum atomic E-state index is -3.29. The van der Waals surface area contributed by atoms with Gasteiger partial charge in [0.15, 0.2) is 21.5 Å². The van der Waals surface area contributed by atoms with Gasteiger partial charge in [-0.25, -0.2) is 22.0 Å². The molecule has 0 saturated carbocycles. The Morgan fingerprint density at radius 1 is 1.08 bits per heavy atom. The van der Waals surface area contributed by atoms with E-state index in [1.165, 1.54) is 30.3 Å². The van der Waals surface area contributed by atoms with E-state index in [-0.39, 0.29) is 23.8 Å². The molecule has 2 N–H and O–H groups in total. The molecule has 0 spiro atoms. The second kappa shape index (κ2) is 7.93. The SMILES string of the molecule is CS(=O)(=O)c1ccc(NC(=O)NCCOc2ccc(F)c(F)c2)cc1. The predicted molar refractivity (Wildman–Crippen MR) is 88.4 cm³/mol. The van der Waals surface area contributed by atoms with Crippen LogP contribution >= 0.6 is 0 Å². The van der Waals surface area contributed by atoms with Crippen molar-refractivity contribution in [3.63, 3.8) is 0 Å². The van der Waals surface area contributed by atoms with Crippen LogP contribution in [0.15, 0.2) is 47.4 Å². The molecule has 0 aliphatic rings. The van der Waals surface area contributed by atoms with E-state index in [4.69, 9.17) is 4.74 Å². The molecular weight excluding hydrogens is 354 g/mol. The Hall–Kier alpha value is -2.68. The molecule has 2 amide bonds. The Kier molecular flexibility index (Phi) is 5.92. The number of halogens is 2. The first-order chi connectivity index (χ1) is 11.8. The highest BCUT2D eigenvalue weighted by Gasteiger charge is 2.07. The van der Waals surface area contributed by atoms with Crippen molar-refractivity contribution in [2.75, 3.05) is 24.7 Å². The van der Waals surface area contributed by atoms with E-state index in [1.807, 2.05) is 0 Å². The average molecular weight is 370 g/mol. The molecule has 0 bridgehead atoms. The number of urea groups is 1. The molecular formula is C16H16F2N2O4S. The summed E-state index contributed by atoms with van der Waals surface area (Å²) in [7, 11) is -3.29. The number of nitrogens with one attached hydrogen (secondary N) is 2. The molecule has 0 aliphatic carbocycles. The van der Waals surface area contributed by atoms with Crippen molar-refractivity contribution < 1.29 is 26.7 Å². The Morgan fingerprint density at radius 2 is 1.76 bits per heavy atom. The van der Waals surface area contributed by atoms with Crippen molar-refractivity contribution in [2.45, 2.75) is 4.90 Å². The van der Waals surface area contributed by atoms with Crippen molar-refractivity contribution in [2.24, 2.45) is 0 Å². The van der Waals surface area contributed by atoms with Crippen molar-refractivity contribution in [3.05, 3.63) is 54.1 Å². The summed E-state index contributed by atoms with van der Waals surface area (Å²) in [5, 5.41) is 5.04. The number of anilines is 1. The number of carbonyl (C=O) groups excluding carboxylic acids is 1. The molecule has 2 rings (SSSR count). The maximum atomic E-state index is 13.0. The van der Waals surface area contributed by atoms with E-state index in [0.29, 0.717) is 5.69 Å². The molecule has 0 aromatic heterocycles. The molecule has 0 radical (unpaired) electrons. The third-order valence-electron chi connectivity index (χ3n) is 3.09. The number of rotatable bonds is 6. The first kappa shape index (κ1) is 18.7. The highest BCUT2D eigenvalue weighted by atomic mass is 32.2. The largest absolute Gasteiger partial charge is 0.492 e. The van der Waals surface area contributed by atoms with Crippen LogP contribution in [0.1, 0.15) is 0 Å². The van der Waals surface area contributed by atoms with E-state index < -0.39 is 27.5 Å². The second-order valence-corrected chi connectivity index (χ2v) is 7.12. The normalized spacial score (nSPS) is 11.0. The van der Waals surface area contributed by atoms with E-state index >= 15 is 0 Å². The zero-order valence-corrected chi connectivity index (χ0v) is 14.1. The van der Waals surface area contributed by atoms with Gasteiger partial charge in [-0.3, -0.25) is 0 Å². The fourth-order valence-electron chi connectivity index (χ4n) is 1.86. The van der Waals surface area contributed by atoms with E-state index in [1.54, 1.807) is 0 Å². The topological polar surface area (TPSA) is 84.5 Å². The summed E-state index contributed by atoms with van der Waals surface area (Å²) in [5.41, 5.74) is 0.423. The van der Waals surface area contributed by atoms with Crippen molar-refractivity contribution in [1.29, 1.82) is 0 Å². The van der Waals surface area contributed by atoms with Gasteiger partial charge in [0.1, 0.15) is 12.4 Å². The third kappa shape index (κ3) is 5.71. The number of amides is 2. The minimum Gasteiger partial charge on any atom is -0.492 e. The number of ether oxygens (including phenoxy) is 1. The zero-order valence-electron chi connectivity index (χ0n) is 13.3. The standard InChI is InChI=1S/C16H16F2N2O4S/c1-25(22,23)13-5-2-11(3-6-13)20-16(21)19-8-9-24-12-4-7-14(17)15(18)10-12/h2-7,10H,8-9H2,1H3,(H2,19,20,21). The van der Waals surface area contributed by atoms with Crippen LogP contribution in [0.4, 0.5) is 19.3 Å². The van der Waals surface area contributed by atoms with Gasteiger partial charge in [0.2, 0.25) is 0 Å². The molecule has 0 heterocycles. The maximum absolute atomic E-state index is 13.0. The Balaban J connectivity index is 1.76. The van der Waals surface area contributed by atoms with Crippen molar-refractivity contribution in [3.8, 4) is 5.75 Å². The van der Waals surface area contributed by atoms with E-state index in [2.05, 4.69) is 10.6 Å². The summed E-state index contributed by atoms with van der Waals surface area (Å²) in [4.78, 5) is 11.9. The third-order valence-corrected chi connectivity index (χ3v) is 4.22. The summed E-state index contributed by atoms with van der Waals surface area (Å²) >= 11 is 0. The maximum Gasteiger partial charge on any atom is 0.319 e. The lowest BCUT2D eigenvalue weighted by molar-refractivity contribution is 0.247. The number of benzene rings is 2. The molecule has 6 nitrogen and oxygen atoms in total. The van der Waals surface area contributed by atoms with Crippen molar-refractivity contribution in [1.82, 2.24) is 5.32 Å². The van der Waals surface area contributed by atoms with Gasteiger partial charge in [-0.15, -0.1) is 0 Å². The Bertz CT molecular complexity index is 855. The van der Waals surface area contributed by atoms with Gasteiger partial charge < -0.3 is 15.4 Å². The van der Waals surface area contributed by atoms with Gasteiger partial charge in [0, 0.05) is 18.0 Å². The van der Waals surface area contributed by atoms with Crippen LogP contribution in [-0.4, -0.2) is 33.9 Å². The number of carbonyl (C=O) groups is 1. The average Bonchev–Trinajstić information content (AvgIpc) is 2.54. The summed E-state index contributed by atoms with van der Waals surface area (Å²) < 4.78 is 53.6. The molecule has 0 atom stereocenters. The molecule has 9 heteroatoms. The van der Waals surface area contributed by atoms with Gasteiger partial charge in [0.25, 0.3) is 0 Å². The fraction of sp³-hybridized carbons (Fsp3) is 0.188. The number of sulfone groups is 1. The van der Waals surface area contributed by atoms with E-state index in [0.717, 1.165) is 18.4 Å². The van der Waals surface area contributed by atoms with Crippen LogP contribution in [0.25, 0.3) is 0 Å². The Morgan fingerprint density at radius 3 is 2.36 bits per heavy atom. The smallest absolute Gasteiger partial charge is 0.319 e. The van der Waals surface area contributed by atoms with Gasteiger partial charge in [0.05, 0.1) is 11.4 Å². The quantitative estimate of drug-likeness (QED) is 0.766. The second-order valence-electron chi connectivity index (χ2n) is 5.10. The van der Waals surface area contributed by atoms with Crippen LogP contribution in [0.5, 0.6) is 5.75 Å². The van der Waals surface area contributed by atoms with Crippen LogP contribution in [0, 0.1) is 11.6 Å². The van der Waals surface area contributed by atoms with Crippen molar-refractivity contribution >= 4 is 21.6 Å². The first-order valence-electron chi connectivity index (χ1n) is 7.18. The number of hydrogen-bond donors (Lipinski definition) is 2. The molecule has 0 saturated heterocycles. The van der Waals surface area contributed by atoms with Gasteiger partial charge in [-0.2, -0.15) is 0 Å². The van der Waals surface area contributed by atoms with Gasteiger partial charge in [-0.05, 0) is 36.4 Å². The molecule has 2 aromatic rings. The summed E-state index contributed by atoms with van der Waals surface area (Å²) in [6.45, 7) is 0.192. The predicted octanol–water partition coefficient (Wildman–Crippen LogP) is 2.57. The van der Waals surface area contributed by atoms with Crippen LogP contribution in [-0.2, 0) is 9.84 Å². The molecule has 134 valence electrons. The number of hydrogen-bond acceptors (Lipinski definition) is 4. The molecule has 2 aromatic carbocycles. The molecule has 0 fully saturated rings. The van der Waals surface area contributed by atoms with Crippen LogP contribution < -0.4 is 15.4 Å². The minimum absolute atomic E-state index is 0.0610.